The average molecular weight is 513 g/mol. The standard InChI is InChI=1S/C26H25ClN2O5S/c1-15-5-7-16(8-6-15)11-21(30)19-14-18(9-10-20(19)27)28-26(35)29-25(31)17-12-22(32-2)24(34-4)23(13-17)33-3/h5-10,12-14H,11H2,1-4H3,(H2,28,29,31,35). The van der Waals surface area contributed by atoms with Crippen LogP contribution in [0.3, 0.4) is 0 Å². The van der Waals surface area contributed by atoms with E-state index in [-0.39, 0.29) is 22.9 Å². The summed E-state index contributed by atoms with van der Waals surface area (Å²) in [5.74, 6) is 0.438. The maximum atomic E-state index is 12.8. The fraction of sp³-hybridized carbons (Fsp3) is 0.192. The van der Waals surface area contributed by atoms with Crippen LogP contribution < -0.4 is 24.8 Å². The lowest BCUT2D eigenvalue weighted by Gasteiger charge is -2.15. The summed E-state index contributed by atoms with van der Waals surface area (Å²) in [6.07, 6.45) is 0.214. The number of thiocarbonyl (C=S) groups is 1. The first-order valence-electron chi connectivity index (χ1n) is 10.6. The molecule has 9 heteroatoms. The number of ether oxygens (including phenoxy) is 3. The summed E-state index contributed by atoms with van der Waals surface area (Å²) in [5.41, 5.74) is 3.14. The maximum Gasteiger partial charge on any atom is 0.257 e. The smallest absolute Gasteiger partial charge is 0.257 e. The van der Waals surface area contributed by atoms with E-state index >= 15 is 0 Å². The van der Waals surface area contributed by atoms with E-state index in [1.54, 1.807) is 18.2 Å². The van der Waals surface area contributed by atoms with Crippen LogP contribution in [0.5, 0.6) is 17.2 Å². The van der Waals surface area contributed by atoms with Gasteiger partial charge in [0, 0.05) is 23.2 Å². The molecule has 3 aromatic carbocycles. The average Bonchev–Trinajstić information content (AvgIpc) is 2.85. The summed E-state index contributed by atoms with van der Waals surface area (Å²) in [6.45, 7) is 1.99. The van der Waals surface area contributed by atoms with E-state index in [1.165, 1.54) is 33.5 Å². The lowest BCUT2D eigenvalue weighted by molar-refractivity contribution is 0.0973. The number of benzene rings is 3. The van der Waals surface area contributed by atoms with Crippen LogP contribution in [0.15, 0.2) is 54.6 Å². The van der Waals surface area contributed by atoms with Gasteiger partial charge in [0.2, 0.25) is 5.75 Å². The minimum Gasteiger partial charge on any atom is -0.493 e. The topological polar surface area (TPSA) is 85.9 Å². The zero-order chi connectivity index (χ0) is 25.5. The molecule has 7 nitrogen and oxygen atoms in total. The number of anilines is 1. The van der Waals surface area contributed by atoms with E-state index in [0.717, 1.165) is 11.1 Å². The summed E-state index contributed by atoms with van der Waals surface area (Å²) >= 11 is 11.6. The Balaban J connectivity index is 1.72. The van der Waals surface area contributed by atoms with Crippen LogP contribution in [0.2, 0.25) is 5.02 Å². The zero-order valence-corrected chi connectivity index (χ0v) is 21.3. The minimum atomic E-state index is -0.480. The summed E-state index contributed by atoms with van der Waals surface area (Å²) in [5, 5.41) is 5.90. The van der Waals surface area contributed by atoms with Gasteiger partial charge in [-0.05, 0) is 55.0 Å². The quantitative estimate of drug-likeness (QED) is 0.316. The van der Waals surface area contributed by atoms with Crippen molar-refractivity contribution in [3.05, 3.63) is 81.9 Å². The first kappa shape index (κ1) is 26.0. The van der Waals surface area contributed by atoms with Crippen molar-refractivity contribution in [2.75, 3.05) is 26.6 Å². The highest BCUT2D eigenvalue weighted by atomic mass is 35.5. The summed E-state index contributed by atoms with van der Waals surface area (Å²) < 4.78 is 15.9. The molecule has 2 N–H and O–H groups in total. The van der Waals surface area contributed by atoms with E-state index in [1.807, 2.05) is 31.2 Å². The van der Waals surface area contributed by atoms with Crippen LogP contribution in [-0.2, 0) is 6.42 Å². The van der Waals surface area contributed by atoms with Gasteiger partial charge in [-0.2, -0.15) is 0 Å². The zero-order valence-electron chi connectivity index (χ0n) is 19.7. The van der Waals surface area contributed by atoms with Crippen LogP contribution in [0.4, 0.5) is 5.69 Å². The molecule has 0 aliphatic carbocycles. The molecule has 3 rings (SSSR count). The number of amides is 1. The van der Waals surface area contributed by atoms with Gasteiger partial charge in [-0.25, -0.2) is 0 Å². The van der Waals surface area contributed by atoms with Crippen LogP contribution in [0.1, 0.15) is 31.8 Å². The Morgan fingerprint density at radius 2 is 1.54 bits per heavy atom. The van der Waals surface area contributed by atoms with Crippen LogP contribution in [0.25, 0.3) is 0 Å². The fourth-order valence-corrected chi connectivity index (χ4v) is 3.79. The van der Waals surface area contributed by atoms with E-state index in [4.69, 9.17) is 38.0 Å². The molecule has 0 spiro atoms. The molecule has 3 aromatic rings. The third kappa shape index (κ3) is 6.49. The number of Topliss-reactive ketones (excluding diaryl/α,β-unsaturated/α-hetero) is 1. The van der Waals surface area contributed by atoms with Gasteiger partial charge in [0.05, 0.1) is 26.4 Å². The monoisotopic (exact) mass is 512 g/mol. The van der Waals surface area contributed by atoms with Gasteiger partial charge < -0.3 is 19.5 Å². The second-order valence-electron chi connectivity index (χ2n) is 7.60. The number of nitrogens with one attached hydrogen (secondary N) is 2. The van der Waals surface area contributed by atoms with E-state index in [9.17, 15) is 9.59 Å². The first-order valence-corrected chi connectivity index (χ1v) is 11.3. The molecule has 0 aromatic heterocycles. The van der Waals surface area contributed by atoms with Crippen molar-refractivity contribution in [2.24, 2.45) is 0 Å². The van der Waals surface area contributed by atoms with Crippen molar-refractivity contribution in [3.63, 3.8) is 0 Å². The number of carbonyl (C=O) groups excluding carboxylic acids is 2. The molecule has 0 aliphatic rings. The fourth-order valence-electron chi connectivity index (χ4n) is 3.35. The lowest BCUT2D eigenvalue weighted by atomic mass is 10.0. The summed E-state index contributed by atoms with van der Waals surface area (Å²) in [7, 11) is 4.40. The van der Waals surface area contributed by atoms with Gasteiger partial charge in [-0.15, -0.1) is 0 Å². The molecule has 182 valence electrons. The van der Waals surface area contributed by atoms with Crippen molar-refractivity contribution in [2.45, 2.75) is 13.3 Å². The van der Waals surface area contributed by atoms with Crippen LogP contribution in [0, 0.1) is 6.92 Å². The number of hydrogen-bond donors (Lipinski definition) is 2. The predicted octanol–water partition coefficient (Wildman–Crippen LogP) is 5.23. The lowest BCUT2D eigenvalue weighted by Crippen LogP contribution is -2.34. The molecule has 0 fully saturated rings. The molecule has 0 atom stereocenters. The third-order valence-electron chi connectivity index (χ3n) is 5.16. The van der Waals surface area contributed by atoms with Gasteiger partial charge in [-0.3, -0.25) is 14.9 Å². The number of hydrogen-bond acceptors (Lipinski definition) is 6. The Morgan fingerprint density at radius 3 is 2.11 bits per heavy atom. The van der Waals surface area contributed by atoms with Crippen molar-refractivity contribution in [1.82, 2.24) is 5.32 Å². The van der Waals surface area contributed by atoms with Crippen molar-refractivity contribution in [1.29, 1.82) is 0 Å². The summed E-state index contributed by atoms with van der Waals surface area (Å²) in [6, 6.07) is 15.7. The van der Waals surface area contributed by atoms with Crippen molar-refractivity contribution in [3.8, 4) is 17.2 Å². The van der Waals surface area contributed by atoms with E-state index in [0.29, 0.717) is 33.5 Å². The molecule has 0 unspecified atom stereocenters. The largest absolute Gasteiger partial charge is 0.493 e. The second kappa shape index (κ2) is 11.7. The number of rotatable bonds is 8. The second-order valence-corrected chi connectivity index (χ2v) is 8.42. The Bertz CT molecular complexity index is 1240. The molecule has 1 amide bonds. The van der Waals surface area contributed by atoms with Gasteiger partial charge in [0.25, 0.3) is 5.91 Å². The first-order chi connectivity index (χ1) is 16.7. The Hall–Kier alpha value is -3.62. The highest BCUT2D eigenvalue weighted by Crippen LogP contribution is 2.38. The molecule has 0 bridgehead atoms. The Kier molecular flexibility index (Phi) is 8.68. The minimum absolute atomic E-state index is 0.0445. The predicted molar refractivity (Wildman–Crippen MR) is 140 cm³/mol. The number of methoxy groups -OCH3 is 3. The molecule has 0 saturated carbocycles. The number of ketones is 1. The molecule has 0 heterocycles. The molecular weight excluding hydrogens is 488 g/mol. The van der Waals surface area contributed by atoms with Crippen molar-refractivity contribution >= 4 is 46.3 Å². The van der Waals surface area contributed by atoms with Gasteiger partial charge in [-0.1, -0.05) is 41.4 Å². The summed E-state index contributed by atoms with van der Waals surface area (Å²) in [4.78, 5) is 25.6. The normalized spacial score (nSPS) is 10.3. The molecule has 0 aliphatic heterocycles. The highest BCUT2D eigenvalue weighted by molar-refractivity contribution is 7.80. The van der Waals surface area contributed by atoms with Crippen molar-refractivity contribution < 1.29 is 23.8 Å². The SMILES string of the molecule is COc1cc(C(=O)NC(=S)Nc2ccc(Cl)c(C(=O)Cc3ccc(C)cc3)c2)cc(OC)c1OC. The highest BCUT2D eigenvalue weighted by Gasteiger charge is 2.18. The Labute approximate surface area is 214 Å². The molecule has 0 radical (unpaired) electrons. The van der Waals surface area contributed by atoms with Gasteiger partial charge in [0.1, 0.15) is 0 Å². The third-order valence-corrected chi connectivity index (χ3v) is 5.70. The number of aryl methyl sites for hydroxylation is 1. The van der Waals surface area contributed by atoms with Gasteiger partial charge >= 0.3 is 0 Å². The molecular formula is C26H25ClN2O5S. The molecule has 0 saturated heterocycles. The van der Waals surface area contributed by atoms with Gasteiger partial charge in [0.15, 0.2) is 22.4 Å². The number of halogens is 1. The Morgan fingerprint density at radius 1 is 0.914 bits per heavy atom. The van der Waals surface area contributed by atoms with E-state index < -0.39 is 5.91 Å². The van der Waals surface area contributed by atoms with E-state index in [2.05, 4.69) is 10.6 Å². The maximum absolute atomic E-state index is 12.8. The number of carbonyl (C=O) groups is 2. The van der Waals surface area contributed by atoms with Crippen LogP contribution >= 0.6 is 23.8 Å². The van der Waals surface area contributed by atoms with Crippen LogP contribution in [-0.4, -0.2) is 38.1 Å². The molecule has 35 heavy (non-hydrogen) atoms.